The molecule has 0 bridgehead atoms. The lowest BCUT2D eigenvalue weighted by atomic mass is 9.85. The predicted molar refractivity (Wildman–Crippen MR) is 75.1 cm³/mol. The van der Waals surface area contributed by atoms with Crippen LogP contribution in [0.5, 0.6) is 0 Å². The van der Waals surface area contributed by atoms with E-state index >= 15 is 0 Å². The van der Waals surface area contributed by atoms with Crippen molar-refractivity contribution in [2.75, 3.05) is 6.61 Å². The van der Waals surface area contributed by atoms with Crippen molar-refractivity contribution in [2.24, 2.45) is 5.92 Å². The molecule has 0 radical (unpaired) electrons. The van der Waals surface area contributed by atoms with Gasteiger partial charge in [-0.15, -0.1) is 0 Å². The van der Waals surface area contributed by atoms with E-state index in [0.717, 1.165) is 12.5 Å². The molecule has 1 unspecified atom stereocenters. The SMILES string of the molecule is CCOC(=O)C(c1ccc(C(C)C)cc1)[C@@H](C)C(F)(F)F. The summed E-state index contributed by atoms with van der Waals surface area (Å²) in [5, 5.41) is 0. The molecule has 1 aromatic carbocycles. The number of hydrogen-bond acceptors (Lipinski definition) is 2. The highest BCUT2D eigenvalue weighted by Gasteiger charge is 2.45. The number of rotatable bonds is 5. The van der Waals surface area contributed by atoms with E-state index in [1.807, 2.05) is 13.8 Å². The summed E-state index contributed by atoms with van der Waals surface area (Å²) in [4.78, 5) is 11.9. The Morgan fingerprint density at radius 1 is 1.10 bits per heavy atom. The molecule has 2 nitrogen and oxygen atoms in total. The fourth-order valence-corrected chi connectivity index (χ4v) is 2.14. The maximum atomic E-state index is 13.0. The van der Waals surface area contributed by atoms with Crippen LogP contribution < -0.4 is 0 Å². The number of benzene rings is 1. The second-order valence-electron chi connectivity index (χ2n) is 5.38. The summed E-state index contributed by atoms with van der Waals surface area (Å²) in [6.45, 7) is 6.64. The van der Waals surface area contributed by atoms with Gasteiger partial charge in [-0.2, -0.15) is 13.2 Å². The lowest BCUT2D eigenvalue weighted by Gasteiger charge is -2.25. The first-order valence-corrected chi connectivity index (χ1v) is 7.01. The first-order valence-electron chi connectivity index (χ1n) is 7.01. The Balaban J connectivity index is 3.14. The molecule has 0 spiro atoms. The zero-order valence-electron chi connectivity index (χ0n) is 12.7. The Hall–Kier alpha value is -1.52. The molecular formula is C16H21F3O2. The topological polar surface area (TPSA) is 26.3 Å². The molecule has 118 valence electrons. The number of ether oxygens (including phenoxy) is 1. The van der Waals surface area contributed by atoms with Crippen LogP contribution in [0.1, 0.15) is 50.7 Å². The molecule has 0 saturated heterocycles. The molecule has 0 fully saturated rings. The molecule has 0 saturated carbocycles. The molecule has 0 aliphatic carbocycles. The number of hydrogen-bond donors (Lipinski definition) is 0. The van der Waals surface area contributed by atoms with Gasteiger partial charge < -0.3 is 4.74 Å². The molecule has 0 aliphatic rings. The minimum atomic E-state index is -4.45. The minimum absolute atomic E-state index is 0.0595. The lowest BCUT2D eigenvalue weighted by Crippen LogP contribution is -2.32. The van der Waals surface area contributed by atoms with Crippen molar-refractivity contribution >= 4 is 5.97 Å². The predicted octanol–water partition coefficient (Wildman–Crippen LogP) is 4.66. The van der Waals surface area contributed by atoms with Gasteiger partial charge in [0.25, 0.3) is 0 Å². The monoisotopic (exact) mass is 302 g/mol. The first kappa shape index (κ1) is 17.5. The highest BCUT2D eigenvalue weighted by Crippen LogP contribution is 2.38. The molecule has 1 aromatic rings. The van der Waals surface area contributed by atoms with E-state index in [1.54, 1.807) is 31.2 Å². The second kappa shape index (κ2) is 6.96. The van der Waals surface area contributed by atoms with E-state index in [4.69, 9.17) is 4.74 Å². The van der Waals surface area contributed by atoms with Crippen LogP contribution in [0.4, 0.5) is 13.2 Å². The number of halogens is 3. The van der Waals surface area contributed by atoms with Gasteiger partial charge in [0.05, 0.1) is 18.4 Å². The summed E-state index contributed by atoms with van der Waals surface area (Å²) in [5.74, 6) is -3.67. The van der Waals surface area contributed by atoms with Gasteiger partial charge in [-0.25, -0.2) is 0 Å². The highest BCUT2D eigenvalue weighted by atomic mass is 19.4. The number of carbonyl (C=O) groups excluding carboxylic acids is 1. The van der Waals surface area contributed by atoms with Crippen LogP contribution in [-0.4, -0.2) is 18.8 Å². The normalized spacial score (nSPS) is 14.9. The minimum Gasteiger partial charge on any atom is -0.466 e. The number of carbonyl (C=O) groups is 1. The third-order valence-corrected chi connectivity index (χ3v) is 3.52. The fraction of sp³-hybridized carbons (Fsp3) is 0.562. The fourth-order valence-electron chi connectivity index (χ4n) is 2.14. The van der Waals surface area contributed by atoms with E-state index < -0.39 is 24.0 Å². The van der Waals surface area contributed by atoms with Crippen LogP contribution in [0.25, 0.3) is 0 Å². The van der Waals surface area contributed by atoms with Gasteiger partial charge in [0.2, 0.25) is 0 Å². The van der Waals surface area contributed by atoms with Crippen LogP contribution in [0.3, 0.4) is 0 Å². The van der Waals surface area contributed by atoms with Gasteiger partial charge in [0, 0.05) is 0 Å². The van der Waals surface area contributed by atoms with Crippen LogP contribution in [0.2, 0.25) is 0 Å². The summed E-state index contributed by atoms with van der Waals surface area (Å²) < 4.78 is 43.8. The Labute approximate surface area is 123 Å². The Kier molecular flexibility index (Phi) is 5.81. The van der Waals surface area contributed by atoms with Crippen LogP contribution in [0, 0.1) is 5.92 Å². The zero-order valence-corrected chi connectivity index (χ0v) is 12.7. The summed E-state index contributed by atoms with van der Waals surface area (Å²) in [5.41, 5.74) is 1.35. The highest BCUT2D eigenvalue weighted by molar-refractivity contribution is 5.78. The van der Waals surface area contributed by atoms with Gasteiger partial charge in [-0.1, -0.05) is 45.0 Å². The molecule has 0 aromatic heterocycles. The van der Waals surface area contributed by atoms with Crippen LogP contribution >= 0.6 is 0 Å². The molecule has 21 heavy (non-hydrogen) atoms. The molecule has 1 rings (SSSR count). The van der Waals surface area contributed by atoms with E-state index in [1.165, 1.54) is 0 Å². The van der Waals surface area contributed by atoms with Crippen molar-refractivity contribution in [3.8, 4) is 0 Å². The summed E-state index contributed by atoms with van der Waals surface area (Å²) in [6, 6.07) is 6.68. The van der Waals surface area contributed by atoms with Gasteiger partial charge in [0.15, 0.2) is 0 Å². The summed E-state index contributed by atoms with van der Waals surface area (Å²) in [7, 11) is 0. The van der Waals surface area contributed by atoms with Crippen LogP contribution in [-0.2, 0) is 9.53 Å². The summed E-state index contributed by atoms with van der Waals surface area (Å²) >= 11 is 0. The van der Waals surface area contributed by atoms with Crippen molar-refractivity contribution < 1.29 is 22.7 Å². The van der Waals surface area contributed by atoms with E-state index in [9.17, 15) is 18.0 Å². The first-order chi connectivity index (χ1) is 9.68. The number of alkyl halides is 3. The van der Waals surface area contributed by atoms with Gasteiger partial charge in [-0.3, -0.25) is 4.79 Å². The van der Waals surface area contributed by atoms with Gasteiger partial charge >= 0.3 is 12.1 Å². The maximum absolute atomic E-state index is 13.0. The third kappa shape index (κ3) is 4.48. The molecule has 0 heterocycles. The van der Waals surface area contributed by atoms with Crippen molar-refractivity contribution in [1.82, 2.24) is 0 Å². The van der Waals surface area contributed by atoms with E-state index in [2.05, 4.69) is 0 Å². The summed E-state index contributed by atoms with van der Waals surface area (Å²) in [6.07, 6.45) is -4.45. The van der Waals surface area contributed by atoms with E-state index in [-0.39, 0.29) is 12.5 Å². The van der Waals surface area contributed by atoms with Crippen LogP contribution in [0.15, 0.2) is 24.3 Å². The quantitative estimate of drug-likeness (QED) is 0.740. The Morgan fingerprint density at radius 2 is 1.57 bits per heavy atom. The molecular weight excluding hydrogens is 281 g/mol. The third-order valence-electron chi connectivity index (χ3n) is 3.52. The molecule has 0 aliphatic heterocycles. The Morgan fingerprint density at radius 3 is 1.95 bits per heavy atom. The smallest absolute Gasteiger partial charge is 0.392 e. The zero-order chi connectivity index (χ0) is 16.2. The van der Waals surface area contributed by atoms with E-state index in [0.29, 0.717) is 5.56 Å². The number of esters is 1. The molecule has 0 amide bonds. The Bertz CT molecular complexity index is 463. The lowest BCUT2D eigenvalue weighted by molar-refractivity contribution is -0.185. The van der Waals surface area contributed by atoms with Crippen molar-refractivity contribution in [1.29, 1.82) is 0 Å². The largest absolute Gasteiger partial charge is 0.466 e. The van der Waals surface area contributed by atoms with Gasteiger partial charge in [-0.05, 0) is 24.0 Å². The standard InChI is InChI=1S/C16H21F3O2/c1-5-21-15(20)14(11(4)16(17,18)19)13-8-6-12(7-9-13)10(2)3/h6-11,14H,5H2,1-4H3/t11-,14?/m1/s1. The maximum Gasteiger partial charge on any atom is 0.392 e. The molecule has 2 atom stereocenters. The van der Waals surface area contributed by atoms with Crippen molar-refractivity contribution in [3.63, 3.8) is 0 Å². The van der Waals surface area contributed by atoms with Gasteiger partial charge in [0.1, 0.15) is 0 Å². The van der Waals surface area contributed by atoms with Crippen molar-refractivity contribution in [3.05, 3.63) is 35.4 Å². The average Bonchev–Trinajstić information content (AvgIpc) is 2.38. The molecule has 0 N–H and O–H groups in total. The van der Waals surface area contributed by atoms with Crippen molar-refractivity contribution in [2.45, 2.75) is 45.7 Å². The second-order valence-corrected chi connectivity index (χ2v) is 5.38. The molecule has 5 heteroatoms. The average molecular weight is 302 g/mol.